The van der Waals surface area contributed by atoms with Gasteiger partial charge in [-0.3, -0.25) is 4.79 Å². The molecule has 6 nitrogen and oxygen atoms in total. The molecule has 3 N–H and O–H groups in total. The molecule has 1 rings (SSSR count). The van der Waals surface area contributed by atoms with E-state index in [2.05, 4.69) is 5.32 Å². The first-order valence-corrected chi connectivity index (χ1v) is 6.83. The molecular weight excluding hydrogens is 272 g/mol. The molecule has 0 unspecified atom stereocenters. The number of hydrogen-bond acceptors (Lipinski definition) is 3. The van der Waals surface area contributed by atoms with Gasteiger partial charge >= 0.3 is 12.0 Å². The molecule has 1 aromatic carbocycles. The van der Waals surface area contributed by atoms with Crippen LogP contribution in [0, 0.1) is 0 Å². The van der Waals surface area contributed by atoms with Crippen molar-refractivity contribution in [3.8, 4) is 0 Å². The van der Waals surface area contributed by atoms with Crippen LogP contribution in [0.5, 0.6) is 0 Å². The van der Waals surface area contributed by atoms with E-state index >= 15 is 0 Å². The van der Waals surface area contributed by atoms with E-state index in [4.69, 9.17) is 5.11 Å². The molecule has 0 aliphatic rings. The van der Waals surface area contributed by atoms with Gasteiger partial charge in [-0.05, 0) is 38.5 Å². The molecule has 0 atom stereocenters. The number of urea groups is 1. The number of nitrogens with one attached hydrogen (secondary N) is 1. The summed E-state index contributed by atoms with van der Waals surface area (Å²) in [4.78, 5) is 24.6. The van der Waals surface area contributed by atoms with Crippen LogP contribution in [0.2, 0.25) is 0 Å². The minimum Gasteiger partial charge on any atom is -0.481 e. The predicted molar refractivity (Wildman–Crippen MR) is 80.5 cm³/mol. The van der Waals surface area contributed by atoms with Crippen LogP contribution in [0.25, 0.3) is 0 Å². The summed E-state index contributed by atoms with van der Waals surface area (Å²) < 4.78 is 0. The highest BCUT2D eigenvalue weighted by Crippen LogP contribution is 2.24. The average Bonchev–Trinajstić information content (AvgIpc) is 2.45. The second kappa shape index (κ2) is 7.08. The number of aliphatic carboxylic acids is 1. The van der Waals surface area contributed by atoms with Gasteiger partial charge in [0.1, 0.15) is 0 Å². The predicted octanol–water partition coefficient (Wildman–Crippen LogP) is 1.89. The Morgan fingerprint density at radius 2 is 1.81 bits per heavy atom. The van der Waals surface area contributed by atoms with Crippen molar-refractivity contribution in [3.05, 3.63) is 29.8 Å². The monoisotopic (exact) mass is 294 g/mol. The van der Waals surface area contributed by atoms with Crippen molar-refractivity contribution < 1.29 is 19.8 Å². The van der Waals surface area contributed by atoms with Gasteiger partial charge in [-0.15, -0.1) is 0 Å². The Balaban J connectivity index is 2.80. The lowest BCUT2D eigenvalue weighted by Gasteiger charge is -2.22. The number of likely N-dealkylation sites (N-methyl/N-ethyl adjacent to an activating group) is 1. The van der Waals surface area contributed by atoms with E-state index in [-0.39, 0.29) is 19.2 Å². The summed E-state index contributed by atoms with van der Waals surface area (Å²) in [6.45, 7) is 5.76. The molecule has 6 heteroatoms. The summed E-state index contributed by atoms with van der Waals surface area (Å²) in [6, 6.07) is 6.42. The zero-order valence-corrected chi connectivity index (χ0v) is 12.6. The summed E-state index contributed by atoms with van der Waals surface area (Å²) >= 11 is 0. The summed E-state index contributed by atoms with van der Waals surface area (Å²) in [5.74, 6) is -0.903. The minimum absolute atomic E-state index is 0.0903. The average molecular weight is 294 g/mol. The van der Waals surface area contributed by atoms with Gasteiger partial charge in [0.25, 0.3) is 0 Å². The van der Waals surface area contributed by atoms with Crippen molar-refractivity contribution in [3.63, 3.8) is 0 Å². The molecular formula is C15H22N2O4. The van der Waals surface area contributed by atoms with Gasteiger partial charge in [0.2, 0.25) is 0 Å². The lowest BCUT2D eigenvalue weighted by molar-refractivity contribution is -0.142. The highest BCUT2D eigenvalue weighted by atomic mass is 16.4. The van der Waals surface area contributed by atoms with Gasteiger partial charge in [0.05, 0.1) is 12.0 Å². The standard InChI is InChI=1S/C15H22N2O4/c1-4-17(9-10-18)14(21)16-12-7-5-11(6-8-12)15(2,3)13(19)20/h5-8,18H,4,9-10H2,1-3H3,(H,16,21)(H,19,20). The van der Waals surface area contributed by atoms with E-state index in [1.165, 1.54) is 4.90 Å². The van der Waals surface area contributed by atoms with Crippen molar-refractivity contribution in [2.45, 2.75) is 26.2 Å². The highest BCUT2D eigenvalue weighted by Gasteiger charge is 2.29. The van der Waals surface area contributed by atoms with E-state index < -0.39 is 11.4 Å². The van der Waals surface area contributed by atoms with Crippen LogP contribution < -0.4 is 5.32 Å². The number of aliphatic hydroxyl groups excluding tert-OH is 1. The molecule has 0 spiro atoms. The fraction of sp³-hybridized carbons (Fsp3) is 0.467. The van der Waals surface area contributed by atoms with E-state index in [9.17, 15) is 14.7 Å². The second-order valence-corrected chi connectivity index (χ2v) is 5.24. The molecule has 21 heavy (non-hydrogen) atoms. The second-order valence-electron chi connectivity index (χ2n) is 5.24. The number of carboxylic acid groups (broad SMARTS) is 1. The summed E-state index contributed by atoms with van der Waals surface area (Å²) in [5, 5.41) is 20.8. The van der Waals surface area contributed by atoms with Crippen LogP contribution in [-0.4, -0.2) is 46.8 Å². The molecule has 0 aliphatic carbocycles. The first-order chi connectivity index (χ1) is 9.82. The topological polar surface area (TPSA) is 89.9 Å². The smallest absolute Gasteiger partial charge is 0.321 e. The third kappa shape index (κ3) is 4.19. The zero-order chi connectivity index (χ0) is 16.0. The number of carboxylic acids is 1. The number of aliphatic hydroxyl groups is 1. The number of anilines is 1. The van der Waals surface area contributed by atoms with E-state index in [0.29, 0.717) is 17.8 Å². The summed E-state index contributed by atoms with van der Waals surface area (Å²) in [7, 11) is 0. The van der Waals surface area contributed by atoms with Crippen molar-refractivity contribution in [1.29, 1.82) is 0 Å². The Morgan fingerprint density at radius 1 is 1.24 bits per heavy atom. The van der Waals surface area contributed by atoms with E-state index in [0.717, 1.165) is 0 Å². The largest absolute Gasteiger partial charge is 0.481 e. The first-order valence-electron chi connectivity index (χ1n) is 6.83. The highest BCUT2D eigenvalue weighted by molar-refractivity contribution is 5.89. The van der Waals surface area contributed by atoms with Crippen molar-refractivity contribution in [1.82, 2.24) is 4.90 Å². The molecule has 0 bridgehead atoms. The van der Waals surface area contributed by atoms with Crippen molar-refractivity contribution >= 4 is 17.7 Å². The maximum atomic E-state index is 11.9. The van der Waals surface area contributed by atoms with Crippen LogP contribution in [0.1, 0.15) is 26.3 Å². The molecule has 0 aromatic heterocycles. The minimum atomic E-state index is -0.977. The number of rotatable bonds is 6. The van der Waals surface area contributed by atoms with Gasteiger partial charge in [-0.25, -0.2) is 4.79 Å². The Bertz CT molecular complexity index is 497. The number of benzene rings is 1. The molecule has 0 saturated carbocycles. The van der Waals surface area contributed by atoms with Gasteiger partial charge < -0.3 is 20.4 Å². The summed E-state index contributed by atoms with van der Waals surface area (Å²) in [5.41, 5.74) is 0.270. The first kappa shape index (κ1) is 17.0. The molecule has 116 valence electrons. The number of nitrogens with zero attached hydrogens (tertiary/aromatic N) is 1. The Labute approximate surface area is 124 Å². The number of carbonyl (C=O) groups is 2. The van der Waals surface area contributed by atoms with E-state index in [1.54, 1.807) is 38.1 Å². The molecule has 0 radical (unpaired) electrons. The van der Waals surface area contributed by atoms with Crippen molar-refractivity contribution in [2.75, 3.05) is 25.0 Å². The Hall–Kier alpha value is -2.08. The van der Waals surface area contributed by atoms with Gasteiger partial charge in [-0.2, -0.15) is 0 Å². The van der Waals surface area contributed by atoms with Crippen LogP contribution in [0.15, 0.2) is 24.3 Å². The van der Waals surface area contributed by atoms with Crippen LogP contribution >= 0.6 is 0 Å². The Morgan fingerprint density at radius 3 is 2.24 bits per heavy atom. The van der Waals surface area contributed by atoms with E-state index in [1.807, 2.05) is 6.92 Å². The molecule has 0 fully saturated rings. The Kier molecular flexibility index (Phi) is 5.72. The SMILES string of the molecule is CCN(CCO)C(=O)Nc1ccc(C(C)(C)C(=O)O)cc1. The zero-order valence-electron chi connectivity index (χ0n) is 12.6. The van der Waals surface area contributed by atoms with Crippen LogP contribution in [-0.2, 0) is 10.2 Å². The fourth-order valence-corrected chi connectivity index (χ4v) is 1.82. The molecule has 1 aromatic rings. The van der Waals surface area contributed by atoms with Crippen LogP contribution in [0.4, 0.5) is 10.5 Å². The molecule has 0 saturated heterocycles. The lowest BCUT2D eigenvalue weighted by Crippen LogP contribution is -2.36. The number of amides is 2. The molecule has 0 heterocycles. The van der Waals surface area contributed by atoms with Crippen LogP contribution in [0.3, 0.4) is 0 Å². The third-order valence-electron chi connectivity index (χ3n) is 3.43. The van der Waals surface area contributed by atoms with Gasteiger partial charge in [-0.1, -0.05) is 12.1 Å². The summed E-state index contributed by atoms with van der Waals surface area (Å²) in [6.07, 6.45) is 0. The quantitative estimate of drug-likeness (QED) is 0.747. The third-order valence-corrected chi connectivity index (χ3v) is 3.43. The lowest BCUT2D eigenvalue weighted by atomic mass is 9.85. The number of hydrogen-bond donors (Lipinski definition) is 3. The van der Waals surface area contributed by atoms with Gasteiger partial charge in [0, 0.05) is 18.8 Å². The normalized spacial score (nSPS) is 11.0. The maximum absolute atomic E-state index is 11.9. The molecule has 2 amide bonds. The van der Waals surface area contributed by atoms with Crippen molar-refractivity contribution in [2.24, 2.45) is 0 Å². The maximum Gasteiger partial charge on any atom is 0.321 e. The van der Waals surface area contributed by atoms with Gasteiger partial charge in [0.15, 0.2) is 0 Å². The number of carbonyl (C=O) groups excluding carboxylic acids is 1. The molecule has 0 aliphatic heterocycles. The fourth-order valence-electron chi connectivity index (χ4n) is 1.82.